The van der Waals surface area contributed by atoms with E-state index in [2.05, 4.69) is 16.0 Å². The molecule has 0 spiro atoms. The number of hydrogen-bond donors (Lipinski definition) is 7. The molecule has 8 N–H and O–H groups in total. The maximum absolute atomic E-state index is 12.8. The van der Waals surface area contributed by atoms with Crippen LogP contribution in [0.5, 0.6) is 0 Å². The zero-order valence-electron chi connectivity index (χ0n) is 18.4. The van der Waals surface area contributed by atoms with E-state index < -0.39 is 73.0 Å². The Bertz CT molecular complexity index is 714. The third-order valence-corrected chi connectivity index (χ3v) is 5.14. The molecule has 1 fully saturated rings. The molecule has 1 saturated heterocycles. The van der Waals surface area contributed by atoms with Crippen LogP contribution in [-0.2, 0) is 24.0 Å². The third-order valence-electron chi connectivity index (χ3n) is 5.14. The second kappa shape index (κ2) is 12.3. The number of carboxylic acids is 1. The van der Waals surface area contributed by atoms with Crippen LogP contribution in [-0.4, -0.2) is 99.8 Å². The van der Waals surface area contributed by atoms with Crippen LogP contribution in [0.4, 0.5) is 0 Å². The summed E-state index contributed by atoms with van der Waals surface area (Å²) in [5.41, 5.74) is 5.76. The smallest absolute Gasteiger partial charge is 0.328 e. The first-order chi connectivity index (χ1) is 14.9. The summed E-state index contributed by atoms with van der Waals surface area (Å²) in [4.78, 5) is 61.6. The minimum atomic E-state index is -1.53. The Labute approximate surface area is 185 Å². The number of carboxylic acid groups (broad SMARTS) is 1. The summed E-state index contributed by atoms with van der Waals surface area (Å²) in [6.07, 6.45) is -0.538. The Morgan fingerprint density at radius 3 is 2.25 bits per heavy atom. The quantitative estimate of drug-likeness (QED) is 0.163. The Morgan fingerprint density at radius 2 is 1.75 bits per heavy atom. The van der Waals surface area contributed by atoms with E-state index in [1.165, 1.54) is 11.8 Å². The first kappa shape index (κ1) is 27.3. The third kappa shape index (κ3) is 7.43. The first-order valence-electron chi connectivity index (χ1n) is 10.4. The lowest BCUT2D eigenvalue weighted by Gasteiger charge is -2.28. The highest BCUT2D eigenvalue weighted by Gasteiger charge is 2.38. The fourth-order valence-electron chi connectivity index (χ4n) is 3.16. The molecular formula is C19H33N5O8. The summed E-state index contributed by atoms with van der Waals surface area (Å²) in [6, 6.07) is -4.60. The van der Waals surface area contributed by atoms with Crippen molar-refractivity contribution in [2.75, 3.05) is 19.7 Å². The van der Waals surface area contributed by atoms with Crippen molar-refractivity contribution in [3.63, 3.8) is 0 Å². The molecule has 0 aliphatic carbocycles. The summed E-state index contributed by atoms with van der Waals surface area (Å²) in [5.74, 6) is -4.34. The highest BCUT2D eigenvalue weighted by Crippen LogP contribution is 2.18. The van der Waals surface area contributed by atoms with Crippen molar-refractivity contribution in [3.8, 4) is 0 Å². The Balaban J connectivity index is 2.71. The average molecular weight is 460 g/mol. The number of nitrogens with one attached hydrogen (secondary N) is 3. The van der Waals surface area contributed by atoms with E-state index in [-0.39, 0.29) is 12.5 Å². The minimum absolute atomic E-state index is 0.185. The lowest BCUT2D eigenvalue weighted by atomic mass is 10.0. The molecule has 0 aromatic heterocycles. The summed E-state index contributed by atoms with van der Waals surface area (Å²) >= 11 is 0. The highest BCUT2D eigenvalue weighted by molar-refractivity contribution is 5.95. The van der Waals surface area contributed by atoms with Crippen molar-refractivity contribution < 1.29 is 39.3 Å². The van der Waals surface area contributed by atoms with Crippen LogP contribution in [0.15, 0.2) is 0 Å². The van der Waals surface area contributed by atoms with Crippen LogP contribution >= 0.6 is 0 Å². The molecule has 1 rings (SSSR count). The zero-order chi connectivity index (χ0) is 24.6. The predicted octanol–water partition coefficient (Wildman–Crippen LogP) is -3.50. The van der Waals surface area contributed by atoms with Gasteiger partial charge in [-0.25, -0.2) is 4.79 Å². The van der Waals surface area contributed by atoms with Crippen LogP contribution in [0.25, 0.3) is 0 Å². The molecule has 0 unspecified atom stereocenters. The van der Waals surface area contributed by atoms with Gasteiger partial charge in [0.25, 0.3) is 0 Å². The van der Waals surface area contributed by atoms with E-state index in [0.29, 0.717) is 12.8 Å². The molecule has 182 valence electrons. The number of likely N-dealkylation sites (tertiary alicyclic amines) is 1. The van der Waals surface area contributed by atoms with Gasteiger partial charge in [-0.2, -0.15) is 0 Å². The van der Waals surface area contributed by atoms with Crippen LogP contribution in [0.2, 0.25) is 0 Å². The molecule has 0 aromatic rings. The number of hydrogen-bond acceptors (Lipinski definition) is 8. The average Bonchev–Trinajstić information content (AvgIpc) is 3.22. The van der Waals surface area contributed by atoms with Crippen molar-refractivity contribution in [2.45, 2.75) is 63.9 Å². The van der Waals surface area contributed by atoms with Crippen LogP contribution in [0.1, 0.15) is 33.6 Å². The van der Waals surface area contributed by atoms with Gasteiger partial charge < -0.3 is 41.9 Å². The summed E-state index contributed by atoms with van der Waals surface area (Å²) in [7, 11) is 0. The topological polar surface area (TPSA) is 211 Å². The van der Waals surface area contributed by atoms with E-state index in [4.69, 9.17) is 10.8 Å². The summed E-state index contributed by atoms with van der Waals surface area (Å²) in [6.45, 7) is 3.64. The molecule has 5 atom stereocenters. The van der Waals surface area contributed by atoms with Gasteiger partial charge in [0.1, 0.15) is 12.1 Å². The molecule has 0 aromatic carbocycles. The fourth-order valence-corrected chi connectivity index (χ4v) is 3.16. The molecule has 13 nitrogen and oxygen atoms in total. The number of rotatable bonds is 11. The molecule has 13 heteroatoms. The SMILES string of the molecule is CC(C)[C@H](N)C(=O)N[C@@H](CO)C(=O)N1CCC[C@H]1C(=O)NCC(=O)N[C@H](C(=O)O)[C@@H](C)O. The van der Waals surface area contributed by atoms with Crippen molar-refractivity contribution in [3.05, 3.63) is 0 Å². The van der Waals surface area contributed by atoms with Crippen LogP contribution in [0.3, 0.4) is 0 Å². The van der Waals surface area contributed by atoms with Gasteiger partial charge >= 0.3 is 5.97 Å². The van der Waals surface area contributed by atoms with Gasteiger partial charge in [-0.05, 0) is 25.7 Å². The molecule has 1 aliphatic rings. The lowest BCUT2D eigenvalue weighted by Crippen LogP contribution is -2.58. The molecule has 0 saturated carbocycles. The first-order valence-corrected chi connectivity index (χ1v) is 10.4. The van der Waals surface area contributed by atoms with Crippen molar-refractivity contribution >= 4 is 29.6 Å². The molecule has 1 aliphatic heterocycles. The van der Waals surface area contributed by atoms with Crippen LogP contribution in [0, 0.1) is 5.92 Å². The number of carbonyl (C=O) groups excluding carboxylic acids is 4. The number of nitrogens with zero attached hydrogens (tertiary/aromatic N) is 1. The Hall–Kier alpha value is -2.77. The molecule has 0 radical (unpaired) electrons. The fraction of sp³-hybridized carbons (Fsp3) is 0.737. The van der Waals surface area contributed by atoms with E-state index in [0.717, 1.165) is 0 Å². The number of nitrogens with two attached hydrogens (primary N) is 1. The van der Waals surface area contributed by atoms with E-state index in [1.807, 2.05) is 0 Å². The number of amides is 4. The lowest BCUT2D eigenvalue weighted by molar-refractivity contribution is -0.145. The van der Waals surface area contributed by atoms with E-state index in [9.17, 15) is 34.2 Å². The normalized spacial score (nSPS) is 19.6. The Kier molecular flexibility index (Phi) is 10.5. The van der Waals surface area contributed by atoms with Gasteiger partial charge in [0.2, 0.25) is 23.6 Å². The van der Waals surface area contributed by atoms with Gasteiger partial charge in [-0.15, -0.1) is 0 Å². The number of aliphatic carboxylic acids is 1. The largest absolute Gasteiger partial charge is 0.480 e. The maximum atomic E-state index is 12.8. The van der Waals surface area contributed by atoms with Crippen LogP contribution < -0.4 is 21.7 Å². The molecular weight excluding hydrogens is 426 g/mol. The van der Waals surface area contributed by atoms with E-state index >= 15 is 0 Å². The molecule has 4 amide bonds. The second-order valence-electron chi connectivity index (χ2n) is 8.05. The number of aliphatic hydroxyl groups excluding tert-OH is 2. The minimum Gasteiger partial charge on any atom is -0.480 e. The van der Waals surface area contributed by atoms with Gasteiger partial charge in [-0.1, -0.05) is 13.8 Å². The van der Waals surface area contributed by atoms with Gasteiger partial charge in [0, 0.05) is 6.54 Å². The highest BCUT2D eigenvalue weighted by atomic mass is 16.4. The molecule has 0 bridgehead atoms. The Morgan fingerprint density at radius 1 is 1.12 bits per heavy atom. The molecule has 1 heterocycles. The van der Waals surface area contributed by atoms with Crippen molar-refractivity contribution in [1.82, 2.24) is 20.9 Å². The van der Waals surface area contributed by atoms with Gasteiger partial charge in [-0.3, -0.25) is 19.2 Å². The van der Waals surface area contributed by atoms with Gasteiger partial charge in [0.15, 0.2) is 6.04 Å². The van der Waals surface area contributed by atoms with Gasteiger partial charge in [0.05, 0.1) is 25.3 Å². The standard InChI is InChI=1S/C19H33N5O8/c1-9(2)14(20)17(29)22-11(8-25)18(30)24-6-4-5-12(24)16(28)21-7-13(27)23-15(10(3)26)19(31)32/h9-12,14-15,25-26H,4-8,20H2,1-3H3,(H,21,28)(H,22,29)(H,23,27)(H,31,32)/t10-,11+,12+,14+,15+/m1/s1. The van der Waals surface area contributed by atoms with Crippen molar-refractivity contribution in [2.24, 2.45) is 11.7 Å². The number of aliphatic hydroxyl groups is 2. The maximum Gasteiger partial charge on any atom is 0.328 e. The summed E-state index contributed by atoms with van der Waals surface area (Å²) in [5, 5.41) is 34.8. The van der Waals surface area contributed by atoms with E-state index in [1.54, 1.807) is 13.8 Å². The zero-order valence-corrected chi connectivity index (χ0v) is 18.4. The monoisotopic (exact) mass is 459 g/mol. The molecule has 32 heavy (non-hydrogen) atoms. The second-order valence-corrected chi connectivity index (χ2v) is 8.05. The number of carbonyl (C=O) groups is 5. The summed E-state index contributed by atoms with van der Waals surface area (Å²) < 4.78 is 0. The van der Waals surface area contributed by atoms with Crippen molar-refractivity contribution in [1.29, 1.82) is 0 Å². The predicted molar refractivity (Wildman–Crippen MR) is 111 cm³/mol.